The summed E-state index contributed by atoms with van der Waals surface area (Å²) in [6.07, 6.45) is 0.893. The van der Waals surface area contributed by atoms with Crippen molar-refractivity contribution in [3.05, 3.63) is 48.0 Å². The van der Waals surface area contributed by atoms with Crippen LogP contribution in [0.3, 0.4) is 0 Å². The van der Waals surface area contributed by atoms with E-state index in [9.17, 15) is 9.00 Å². The monoisotopic (exact) mass is 376 g/mol. The predicted octanol–water partition coefficient (Wildman–Crippen LogP) is 4.31. The molecule has 2 aromatic carbocycles. The van der Waals surface area contributed by atoms with Crippen molar-refractivity contribution < 1.29 is 18.5 Å². The molecule has 1 unspecified atom stereocenters. The topological polar surface area (TPSA) is 76.7 Å². The molecule has 0 aliphatic heterocycles. The summed E-state index contributed by atoms with van der Waals surface area (Å²) in [6, 6.07) is 12.5. The second kappa shape index (κ2) is 8.23. The molecule has 0 bridgehead atoms. The molecule has 0 aromatic heterocycles. The van der Waals surface area contributed by atoms with E-state index >= 15 is 0 Å². The van der Waals surface area contributed by atoms with Gasteiger partial charge in [-0.1, -0.05) is 39.0 Å². The molecule has 0 saturated carbocycles. The Labute approximate surface area is 156 Å². The van der Waals surface area contributed by atoms with Crippen LogP contribution < -0.4 is 19.5 Å². The molecule has 0 fully saturated rings. The summed E-state index contributed by atoms with van der Waals surface area (Å²) in [5.41, 5.74) is 1.74. The van der Waals surface area contributed by atoms with Crippen LogP contribution in [0.25, 0.3) is 0 Å². The molecule has 6 nitrogen and oxygen atoms in total. The number of amides is 1. The van der Waals surface area contributed by atoms with E-state index in [-0.39, 0.29) is 5.41 Å². The minimum Gasteiger partial charge on any atom is -0.492 e. The van der Waals surface area contributed by atoms with Gasteiger partial charge in [-0.15, -0.1) is 0 Å². The molecule has 0 aliphatic rings. The number of benzene rings is 2. The lowest BCUT2D eigenvalue weighted by atomic mass is 9.86. The summed E-state index contributed by atoms with van der Waals surface area (Å²) in [5, 5.41) is 2.71. The normalized spacial score (nSPS) is 12.2. The van der Waals surface area contributed by atoms with Crippen molar-refractivity contribution in [1.82, 2.24) is 0 Å². The van der Waals surface area contributed by atoms with Crippen LogP contribution in [0.2, 0.25) is 0 Å². The molecular formula is C19H24N2O4S. The van der Waals surface area contributed by atoms with E-state index in [1.165, 1.54) is 13.4 Å². The number of anilines is 2. The molecule has 2 N–H and O–H groups in total. The minimum atomic E-state index is -1.29. The summed E-state index contributed by atoms with van der Waals surface area (Å²) in [7, 11) is 0.200. The first-order valence-corrected chi connectivity index (χ1v) is 9.63. The lowest BCUT2D eigenvalue weighted by molar-refractivity contribution is 0.215. The Kier molecular flexibility index (Phi) is 6.26. The lowest BCUT2D eigenvalue weighted by Crippen LogP contribution is -2.19. The Morgan fingerprint density at radius 3 is 2.23 bits per heavy atom. The second-order valence-corrected chi connectivity index (χ2v) is 7.85. The fourth-order valence-corrected chi connectivity index (χ4v) is 2.80. The highest BCUT2D eigenvalue weighted by Gasteiger charge is 2.21. The number of rotatable bonds is 5. The largest absolute Gasteiger partial charge is 0.492 e. The van der Waals surface area contributed by atoms with E-state index in [1.807, 2.05) is 39.0 Å². The average Bonchev–Trinajstić information content (AvgIpc) is 2.54. The molecule has 1 atom stereocenters. The third-order valence-electron chi connectivity index (χ3n) is 3.60. The molecule has 0 heterocycles. The summed E-state index contributed by atoms with van der Waals surface area (Å²) >= 11 is 0. The molecule has 0 aliphatic carbocycles. The van der Waals surface area contributed by atoms with Crippen molar-refractivity contribution in [1.29, 1.82) is 0 Å². The fraction of sp³-hybridized carbons (Fsp3) is 0.316. The number of carbonyl (C=O) groups excluding carboxylic acids is 1. The van der Waals surface area contributed by atoms with Crippen LogP contribution >= 0.6 is 0 Å². The van der Waals surface area contributed by atoms with E-state index in [1.54, 1.807) is 24.3 Å². The summed E-state index contributed by atoms with van der Waals surface area (Å²) in [6.45, 7) is 6.15. The van der Waals surface area contributed by atoms with Crippen molar-refractivity contribution >= 4 is 28.5 Å². The van der Waals surface area contributed by atoms with Crippen LogP contribution in [0.1, 0.15) is 26.3 Å². The Morgan fingerprint density at radius 2 is 1.69 bits per heavy atom. The van der Waals surface area contributed by atoms with Crippen molar-refractivity contribution in [3.63, 3.8) is 0 Å². The Hall–Kier alpha value is -2.54. The first kappa shape index (κ1) is 19.8. The van der Waals surface area contributed by atoms with Gasteiger partial charge in [-0.05, 0) is 35.2 Å². The molecular weight excluding hydrogens is 352 g/mol. The Morgan fingerprint density at radius 1 is 1.08 bits per heavy atom. The van der Waals surface area contributed by atoms with E-state index in [0.29, 0.717) is 22.9 Å². The van der Waals surface area contributed by atoms with E-state index in [4.69, 9.17) is 9.47 Å². The van der Waals surface area contributed by atoms with Gasteiger partial charge in [-0.3, -0.25) is 5.32 Å². The smallest absolute Gasteiger partial charge is 0.417 e. The van der Waals surface area contributed by atoms with Gasteiger partial charge in [0.2, 0.25) is 0 Å². The number of para-hydroxylation sites is 1. The number of carbonyl (C=O) groups is 1. The summed E-state index contributed by atoms with van der Waals surface area (Å²) in [5.74, 6) is 0.821. The van der Waals surface area contributed by atoms with E-state index in [2.05, 4.69) is 10.0 Å². The van der Waals surface area contributed by atoms with Crippen LogP contribution in [-0.4, -0.2) is 23.7 Å². The van der Waals surface area contributed by atoms with Crippen molar-refractivity contribution in [3.8, 4) is 11.5 Å². The predicted molar refractivity (Wildman–Crippen MR) is 105 cm³/mol. The highest BCUT2D eigenvalue weighted by molar-refractivity contribution is 7.85. The molecule has 0 spiro atoms. The molecule has 0 radical (unpaired) electrons. The van der Waals surface area contributed by atoms with Crippen molar-refractivity contribution in [2.45, 2.75) is 26.2 Å². The van der Waals surface area contributed by atoms with Crippen molar-refractivity contribution in [2.75, 3.05) is 23.4 Å². The van der Waals surface area contributed by atoms with Gasteiger partial charge in [0.15, 0.2) is 5.75 Å². The molecule has 7 heteroatoms. The third-order valence-corrected chi connectivity index (χ3v) is 4.11. The van der Waals surface area contributed by atoms with Crippen LogP contribution in [-0.2, 0) is 16.4 Å². The zero-order valence-electron chi connectivity index (χ0n) is 15.6. The van der Waals surface area contributed by atoms with Gasteiger partial charge in [-0.2, -0.15) is 0 Å². The average molecular weight is 376 g/mol. The molecule has 140 valence electrons. The third kappa shape index (κ3) is 5.23. The van der Waals surface area contributed by atoms with Crippen molar-refractivity contribution in [2.24, 2.45) is 0 Å². The number of hydrogen-bond acceptors (Lipinski definition) is 4. The quantitative estimate of drug-likeness (QED) is 0.815. The molecule has 0 saturated heterocycles. The first-order chi connectivity index (χ1) is 12.2. The maximum atomic E-state index is 12.3. The van der Waals surface area contributed by atoms with Gasteiger partial charge in [0.1, 0.15) is 16.7 Å². The van der Waals surface area contributed by atoms with E-state index in [0.717, 1.165) is 5.56 Å². The van der Waals surface area contributed by atoms with Gasteiger partial charge >= 0.3 is 6.09 Å². The van der Waals surface area contributed by atoms with Gasteiger partial charge in [-0.25, -0.2) is 9.00 Å². The summed E-state index contributed by atoms with van der Waals surface area (Å²) in [4.78, 5) is 12.3. The standard InChI is InChI=1S/C19H24N2O4S/c1-19(2,3)13-11-15(17(24-4)16(12-13)21-26(5)23)20-18(22)25-14-9-7-6-8-10-14/h6-12,21H,1-5H3,(H,20,22). The van der Waals surface area contributed by atoms with E-state index < -0.39 is 17.1 Å². The minimum absolute atomic E-state index is 0.183. The van der Waals surface area contributed by atoms with Crippen LogP contribution in [0.5, 0.6) is 11.5 Å². The number of hydrogen-bond donors (Lipinski definition) is 2. The maximum absolute atomic E-state index is 12.3. The number of ether oxygens (including phenoxy) is 2. The molecule has 2 aromatic rings. The Bertz CT molecular complexity index is 801. The van der Waals surface area contributed by atoms with Gasteiger partial charge in [0.25, 0.3) is 0 Å². The number of nitrogens with one attached hydrogen (secondary N) is 2. The highest BCUT2D eigenvalue weighted by Crippen LogP contribution is 2.39. The number of methoxy groups -OCH3 is 1. The van der Waals surface area contributed by atoms with Gasteiger partial charge in [0, 0.05) is 6.26 Å². The Balaban J connectivity index is 2.38. The summed E-state index contributed by atoms with van der Waals surface area (Å²) < 4.78 is 25.2. The van der Waals surface area contributed by atoms with Gasteiger partial charge < -0.3 is 14.2 Å². The highest BCUT2D eigenvalue weighted by atomic mass is 32.2. The lowest BCUT2D eigenvalue weighted by Gasteiger charge is -2.23. The molecule has 2 rings (SSSR count). The second-order valence-electron chi connectivity index (χ2n) is 6.74. The molecule has 26 heavy (non-hydrogen) atoms. The maximum Gasteiger partial charge on any atom is 0.417 e. The zero-order valence-corrected chi connectivity index (χ0v) is 16.4. The van der Waals surface area contributed by atoms with Gasteiger partial charge in [0.05, 0.1) is 18.5 Å². The fourth-order valence-electron chi connectivity index (χ4n) is 2.34. The molecule has 1 amide bonds. The zero-order chi connectivity index (χ0) is 19.3. The van der Waals surface area contributed by atoms with Crippen LogP contribution in [0.15, 0.2) is 42.5 Å². The van der Waals surface area contributed by atoms with Crippen LogP contribution in [0, 0.1) is 0 Å². The first-order valence-electron chi connectivity index (χ1n) is 8.07. The van der Waals surface area contributed by atoms with Crippen LogP contribution in [0.4, 0.5) is 16.2 Å². The SMILES string of the molecule is COc1c(NC(=O)Oc2ccccc2)cc(C(C)(C)C)cc1NS(C)=O.